The molecule has 0 aromatic carbocycles. The van der Waals surface area contributed by atoms with E-state index < -0.39 is 36.8 Å². The molecule has 8 heteroatoms. The van der Waals surface area contributed by atoms with E-state index in [1.165, 1.54) is 12.3 Å². The summed E-state index contributed by atoms with van der Waals surface area (Å²) < 4.78 is 6.19. The highest BCUT2D eigenvalue weighted by molar-refractivity contribution is 5.23. The molecule has 0 saturated carbocycles. The molecule has 1 aromatic rings. The molecule has 1 fully saturated rings. The first kappa shape index (κ1) is 12.0. The van der Waals surface area contributed by atoms with Crippen LogP contribution in [-0.2, 0) is 4.74 Å². The zero-order valence-corrected chi connectivity index (χ0v) is 8.80. The normalized spacial score (nSPS) is 32.9. The number of aliphatic hydroxyl groups is 3. The molecule has 1 aromatic heterocycles. The van der Waals surface area contributed by atoms with Crippen LogP contribution in [0.25, 0.3) is 0 Å². The third kappa shape index (κ3) is 2.03. The van der Waals surface area contributed by atoms with Crippen LogP contribution in [0.15, 0.2) is 17.1 Å². The second-order valence-corrected chi connectivity index (χ2v) is 3.77. The first-order valence-corrected chi connectivity index (χ1v) is 5.01. The maximum atomic E-state index is 11.5. The number of hydrogen-bond acceptors (Lipinski definition) is 7. The van der Waals surface area contributed by atoms with Crippen LogP contribution in [0.1, 0.15) is 6.23 Å². The van der Waals surface area contributed by atoms with Crippen molar-refractivity contribution in [3.63, 3.8) is 0 Å². The van der Waals surface area contributed by atoms with Crippen molar-refractivity contribution in [1.82, 2.24) is 9.55 Å². The van der Waals surface area contributed by atoms with Crippen LogP contribution in [0.4, 0.5) is 5.82 Å². The smallest absolute Gasteiger partial charge is 0.351 e. The van der Waals surface area contributed by atoms with Crippen LogP contribution < -0.4 is 11.4 Å². The van der Waals surface area contributed by atoms with E-state index in [4.69, 9.17) is 15.6 Å². The summed E-state index contributed by atoms with van der Waals surface area (Å²) in [7, 11) is 0. The average molecular weight is 243 g/mol. The fourth-order valence-corrected chi connectivity index (χ4v) is 1.73. The van der Waals surface area contributed by atoms with Gasteiger partial charge in [0.15, 0.2) is 6.23 Å². The van der Waals surface area contributed by atoms with Crippen molar-refractivity contribution in [3.8, 4) is 0 Å². The SMILES string of the molecule is Nc1ccn([C@H]2O[C@@H](CO)C(O)[C@H]2O)c(=O)n1. The first-order valence-electron chi connectivity index (χ1n) is 5.01. The van der Waals surface area contributed by atoms with Gasteiger partial charge in [0.1, 0.15) is 24.1 Å². The van der Waals surface area contributed by atoms with Crippen LogP contribution in [-0.4, -0.2) is 49.8 Å². The number of nitrogens with two attached hydrogens (primary N) is 1. The summed E-state index contributed by atoms with van der Waals surface area (Å²) in [5.74, 6) is 0.0537. The molecule has 1 saturated heterocycles. The van der Waals surface area contributed by atoms with Gasteiger partial charge in [-0.15, -0.1) is 0 Å². The maximum Gasteiger partial charge on any atom is 0.351 e. The van der Waals surface area contributed by atoms with Gasteiger partial charge in [-0.3, -0.25) is 4.57 Å². The molecule has 94 valence electrons. The maximum absolute atomic E-state index is 11.5. The number of aliphatic hydroxyl groups excluding tert-OH is 3. The number of nitrogens with zero attached hydrogens (tertiary/aromatic N) is 2. The van der Waals surface area contributed by atoms with Gasteiger partial charge in [-0.1, -0.05) is 0 Å². The fraction of sp³-hybridized carbons (Fsp3) is 0.556. The van der Waals surface area contributed by atoms with Crippen molar-refractivity contribution in [1.29, 1.82) is 0 Å². The molecule has 0 bridgehead atoms. The third-order valence-electron chi connectivity index (χ3n) is 2.64. The molecule has 2 rings (SSSR count). The van der Waals surface area contributed by atoms with Crippen molar-refractivity contribution < 1.29 is 20.1 Å². The Kier molecular flexibility index (Phi) is 3.11. The van der Waals surface area contributed by atoms with E-state index in [1.807, 2.05) is 0 Å². The van der Waals surface area contributed by atoms with Crippen LogP contribution >= 0.6 is 0 Å². The number of anilines is 1. The summed E-state index contributed by atoms with van der Waals surface area (Å²) in [6.45, 7) is -0.453. The minimum absolute atomic E-state index is 0.0537. The highest BCUT2D eigenvalue weighted by Crippen LogP contribution is 2.27. The monoisotopic (exact) mass is 243 g/mol. The molecule has 1 aliphatic rings. The summed E-state index contributed by atoms with van der Waals surface area (Å²) in [5, 5.41) is 28.2. The molecule has 4 atom stereocenters. The molecule has 2 heterocycles. The second-order valence-electron chi connectivity index (χ2n) is 3.77. The van der Waals surface area contributed by atoms with Gasteiger partial charge in [0.25, 0.3) is 0 Å². The molecule has 0 amide bonds. The second kappa shape index (κ2) is 4.41. The lowest BCUT2D eigenvalue weighted by Gasteiger charge is -2.16. The number of hydrogen-bond donors (Lipinski definition) is 4. The molecule has 0 aliphatic carbocycles. The van der Waals surface area contributed by atoms with Gasteiger partial charge < -0.3 is 25.8 Å². The van der Waals surface area contributed by atoms with E-state index in [-0.39, 0.29) is 5.82 Å². The molecule has 1 unspecified atom stereocenters. The van der Waals surface area contributed by atoms with E-state index in [2.05, 4.69) is 4.98 Å². The quantitative estimate of drug-likeness (QED) is 0.449. The van der Waals surface area contributed by atoms with Gasteiger partial charge >= 0.3 is 5.69 Å². The van der Waals surface area contributed by atoms with Gasteiger partial charge in [0, 0.05) is 6.20 Å². The van der Waals surface area contributed by atoms with Crippen molar-refractivity contribution in [2.24, 2.45) is 0 Å². The van der Waals surface area contributed by atoms with Crippen LogP contribution in [0, 0.1) is 0 Å². The highest BCUT2D eigenvalue weighted by atomic mass is 16.6. The first-order chi connectivity index (χ1) is 8.04. The number of rotatable bonds is 2. The summed E-state index contributed by atoms with van der Waals surface area (Å²) in [6, 6.07) is 1.37. The van der Waals surface area contributed by atoms with E-state index in [0.717, 1.165) is 4.57 Å². The zero-order valence-electron chi connectivity index (χ0n) is 8.80. The molecule has 5 N–H and O–H groups in total. The van der Waals surface area contributed by atoms with Gasteiger partial charge in [0.05, 0.1) is 6.61 Å². The highest BCUT2D eigenvalue weighted by Gasteiger charge is 2.43. The lowest BCUT2D eigenvalue weighted by molar-refractivity contribution is -0.0549. The van der Waals surface area contributed by atoms with E-state index in [1.54, 1.807) is 0 Å². The Bertz CT molecular complexity index is 462. The van der Waals surface area contributed by atoms with Crippen LogP contribution in [0.2, 0.25) is 0 Å². The Morgan fingerprint density at radius 1 is 1.47 bits per heavy atom. The Labute approximate surface area is 95.9 Å². The predicted molar refractivity (Wildman–Crippen MR) is 55.9 cm³/mol. The summed E-state index contributed by atoms with van der Waals surface area (Å²) in [4.78, 5) is 15.0. The molecule has 0 radical (unpaired) electrons. The number of aromatic nitrogens is 2. The van der Waals surface area contributed by atoms with Gasteiger partial charge in [0.2, 0.25) is 0 Å². The average Bonchev–Trinajstić information content (AvgIpc) is 2.57. The minimum Gasteiger partial charge on any atom is -0.394 e. The Morgan fingerprint density at radius 3 is 2.71 bits per heavy atom. The number of ether oxygens (including phenoxy) is 1. The fourth-order valence-electron chi connectivity index (χ4n) is 1.73. The molecule has 0 spiro atoms. The van der Waals surface area contributed by atoms with Gasteiger partial charge in [-0.2, -0.15) is 4.98 Å². The molecule has 17 heavy (non-hydrogen) atoms. The molecule has 1 aliphatic heterocycles. The topological polar surface area (TPSA) is 131 Å². The van der Waals surface area contributed by atoms with Crippen molar-refractivity contribution in [2.75, 3.05) is 12.3 Å². The van der Waals surface area contributed by atoms with E-state index in [9.17, 15) is 15.0 Å². The summed E-state index contributed by atoms with van der Waals surface area (Å²) in [6.07, 6.45) is -3.27. The van der Waals surface area contributed by atoms with E-state index in [0.29, 0.717) is 0 Å². The Hall–Kier alpha value is -1.48. The van der Waals surface area contributed by atoms with Gasteiger partial charge in [-0.05, 0) is 6.07 Å². The largest absolute Gasteiger partial charge is 0.394 e. The minimum atomic E-state index is -1.31. The zero-order chi connectivity index (χ0) is 12.6. The van der Waals surface area contributed by atoms with E-state index >= 15 is 0 Å². The molecule has 8 nitrogen and oxygen atoms in total. The van der Waals surface area contributed by atoms with Crippen LogP contribution in [0.5, 0.6) is 0 Å². The molecular formula is C9H13N3O5. The van der Waals surface area contributed by atoms with Crippen LogP contribution in [0.3, 0.4) is 0 Å². The molecular weight excluding hydrogens is 230 g/mol. The lowest BCUT2D eigenvalue weighted by Crippen LogP contribution is -2.36. The van der Waals surface area contributed by atoms with Gasteiger partial charge in [-0.25, -0.2) is 4.79 Å². The third-order valence-corrected chi connectivity index (χ3v) is 2.64. The Morgan fingerprint density at radius 2 is 2.18 bits per heavy atom. The standard InChI is InChI=1S/C9H13N3O5/c10-5-1-2-12(9(16)11-5)8-7(15)6(14)4(3-13)17-8/h1-2,4,6-8,13-15H,3H2,(H2,10,11,16)/t4-,6?,7+,8-/m0/s1. The number of nitrogen functional groups attached to an aromatic ring is 1. The van der Waals surface area contributed by atoms with Crippen molar-refractivity contribution in [3.05, 3.63) is 22.7 Å². The predicted octanol–water partition coefficient (Wildman–Crippen LogP) is -2.56. The van der Waals surface area contributed by atoms with Crippen molar-refractivity contribution in [2.45, 2.75) is 24.5 Å². The van der Waals surface area contributed by atoms with Crippen molar-refractivity contribution >= 4 is 5.82 Å². The Balaban J connectivity index is 2.32. The summed E-state index contributed by atoms with van der Waals surface area (Å²) >= 11 is 0. The summed E-state index contributed by atoms with van der Waals surface area (Å²) in [5.41, 5.74) is 4.63. The lowest BCUT2D eigenvalue weighted by atomic mass is 10.1.